The molecule has 0 aliphatic carbocycles. The van der Waals surface area contributed by atoms with Crippen molar-refractivity contribution in [1.29, 1.82) is 0 Å². The van der Waals surface area contributed by atoms with E-state index in [1.165, 1.54) is 0 Å². The van der Waals surface area contributed by atoms with E-state index in [0.29, 0.717) is 19.7 Å². The number of carbonyl (C=O) groups excluding carboxylic acids is 1. The van der Waals surface area contributed by atoms with Gasteiger partial charge in [-0.3, -0.25) is 9.48 Å². The Balaban J connectivity index is 1.81. The summed E-state index contributed by atoms with van der Waals surface area (Å²) in [7, 11) is 1.89. The first-order chi connectivity index (χ1) is 11.2. The molecule has 3 rings (SSSR count). The molecule has 2 saturated heterocycles. The fraction of sp³-hybridized carbons (Fsp3) is 0.778. The number of carbonyl (C=O) groups is 1. The molecule has 0 saturated carbocycles. The average Bonchev–Trinajstić information content (AvgIpc) is 2.90. The van der Waals surface area contributed by atoms with Crippen molar-refractivity contribution in [3.63, 3.8) is 0 Å². The first-order valence-corrected chi connectivity index (χ1v) is 8.76. The van der Waals surface area contributed by atoms with Crippen LogP contribution < -0.4 is 0 Å². The summed E-state index contributed by atoms with van der Waals surface area (Å²) in [5, 5.41) is 4.24. The van der Waals surface area contributed by atoms with Gasteiger partial charge in [-0.05, 0) is 40.5 Å². The highest BCUT2D eigenvalue weighted by Crippen LogP contribution is 2.37. The topological polar surface area (TPSA) is 56.6 Å². The first-order valence-electron chi connectivity index (χ1n) is 8.76. The minimum atomic E-state index is -0.337. The standard InChI is InChI=1S/C18H29N3O3/c1-17(2)11-21(12-18(3,4)24-17)16(22)14-7-6-8-23-15(14)13-9-19-20(5)10-13/h9-10,14-15H,6-8,11-12H2,1-5H3/t14-,15+/m1/s1. The van der Waals surface area contributed by atoms with E-state index in [0.717, 1.165) is 18.4 Å². The molecule has 134 valence electrons. The molecular weight excluding hydrogens is 306 g/mol. The lowest BCUT2D eigenvalue weighted by molar-refractivity contribution is -0.193. The van der Waals surface area contributed by atoms with Gasteiger partial charge in [-0.2, -0.15) is 5.10 Å². The largest absolute Gasteiger partial charge is 0.373 e. The van der Waals surface area contributed by atoms with Crippen LogP contribution in [0.5, 0.6) is 0 Å². The molecule has 2 fully saturated rings. The second kappa shape index (κ2) is 6.15. The van der Waals surface area contributed by atoms with E-state index >= 15 is 0 Å². The van der Waals surface area contributed by atoms with Crippen LogP contribution >= 0.6 is 0 Å². The van der Waals surface area contributed by atoms with Crippen LogP contribution in [-0.4, -0.2) is 51.5 Å². The van der Waals surface area contributed by atoms with Gasteiger partial charge in [0, 0.05) is 38.5 Å². The van der Waals surface area contributed by atoms with Crippen LogP contribution in [0.2, 0.25) is 0 Å². The highest BCUT2D eigenvalue weighted by atomic mass is 16.5. The summed E-state index contributed by atoms with van der Waals surface area (Å²) in [6, 6.07) is 0. The van der Waals surface area contributed by atoms with Gasteiger partial charge in [0.2, 0.25) is 5.91 Å². The highest BCUT2D eigenvalue weighted by molar-refractivity contribution is 5.80. The fourth-order valence-corrected chi connectivity index (χ4v) is 4.13. The molecule has 0 aromatic carbocycles. The number of aromatic nitrogens is 2. The Hall–Kier alpha value is -1.40. The Bertz CT molecular complexity index is 592. The monoisotopic (exact) mass is 335 g/mol. The fourth-order valence-electron chi connectivity index (χ4n) is 4.13. The molecule has 2 atom stereocenters. The van der Waals surface area contributed by atoms with E-state index in [2.05, 4.69) is 5.10 Å². The van der Waals surface area contributed by atoms with Crippen molar-refractivity contribution >= 4 is 5.91 Å². The Morgan fingerprint density at radius 3 is 2.50 bits per heavy atom. The molecule has 0 N–H and O–H groups in total. The molecule has 24 heavy (non-hydrogen) atoms. The number of nitrogens with zero attached hydrogens (tertiary/aromatic N) is 3. The van der Waals surface area contributed by atoms with Crippen LogP contribution in [0, 0.1) is 5.92 Å². The minimum Gasteiger partial charge on any atom is -0.373 e. The van der Waals surface area contributed by atoms with Crippen molar-refractivity contribution < 1.29 is 14.3 Å². The van der Waals surface area contributed by atoms with Gasteiger partial charge in [0.15, 0.2) is 0 Å². The number of ether oxygens (including phenoxy) is 2. The lowest BCUT2D eigenvalue weighted by Crippen LogP contribution is -2.60. The van der Waals surface area contributed by atoms with Crippen LogP contribution in [-0.2, 0) is 21.3 Å². The zero-order valence-corrected chi connectivity index (χ0v) is 15.4. The Labute approximate surface area is 144 Å². The zero-order valence-electron chi connectivity index (χ0n) is 15.4. The summed E-state index contributed by atoms with van der Waals surface area (Å²) in [6.07, 6.45) is 5.34. The van der Waals surface area contributed by atoms with E-state index in [4.69, 9.17) is 9.47 Å². The summed E-state index contributed by atoms with van der Waals surface area (Å²) in [5.41, 5.74) is 0.315. The quantitative estimate of drug-likeness (QED) is 0.832. The summed E-state index contributed by atoms with van der Waals surface area (Å²) in [4.78, 5) is 15.2. The molecule has 2 aliphatic heterocycles. The average molecular weight is 335 g/mol. The third kappa shape index (κ3) is 3.64. The number of hydrogen-bond donors (Lipinski definition) is 0. The Kier molecular flexibility index (Phi) is 4.47. The predicted octanol–water partition coefficient (Wildman–Crippen LogP) is 2.30. The van der Waals surface area contributed by atoms with E-state index in [1.54, 1.807) is 4.68 Å². The maximum atomic E-state index is 13.3. The van der Waals surface area contributed by atoms with Gasteiger partial charge in [0.05, 0.1) is 29.4 Å². The van der Waals surface area contributed by atoms with E-state index < -0.39 is 0 Å². The van der Waals surface area contributed by atoms with E-state index in [9.17, 15) is 4.79 Å². The van der Waals surface area contributed by atoms with Gasteiger partial charge >= 0.3 is 0 Å². The number of amides is 1. The Morgan fingerprint density at radius 1 is 1.25 bits per heavy atom. The number of aryl methyl sites for hydroxylation is 1. The minimum absolute atomic E-state index is 0.146. The van der Waals surface area contributed by atoms with Crippen molar-refractivity contribution in [3.05, 3.63) is 18.0 Å². The first kappa shape index (κ1) is 17.4. The van der Waals surface area contributed by atoms with Gasteiger partial charge in [-0.15, -0.1) is 0 Å². The van der Waals surface area contributed by atoms with Crippen molar-refractivity contribution in [2.75, 3.05) is 19.7 Å². The van der Waals surface area contributed by atoms with E-state index in [-0.39, 0.29) is 29.1 Å². The maximum Gasteiger partial charge on any atom is 0.228 e. The van der Waals surface area contributed by atoms with Gasteiger partial charge in [-0.1, -0.05) is 0 Å². The van der Waals surface area contributed by atoms with Crippen LogP contribution in [0.25, 0.3) is 0 Å². The SMILES string of the molecule is Cn1cc([C@@H]2OCCC[C@H]2C(=O)N2CC(C)(C)OC(C)(C)C2)cn1. The van der Waals surface area contributed by atoms with Crippen molar-refractivity contribution in [3.8, 4) is 0 Å². The van der Waals surface area contributed by atoms with Gasteiger partial charge in [0.1, 0.15) is 0 Å². The van der Waals surface area contributed by atoms with Gasteiger partial charge in [0.25, 0.3) is 0 Å². The van der Waals surface area contributed by atoms with Crippen molar-refractivity contribution in [1.82, 2.24) is 14.7 Å². The molecule has 2 aliphatic rings. The normalized spacial score (nSPS) is 29.5. The third-order valence-corrected chi connectivity index (χ3v) is 4.70. The summed E-state index contributed by atoms with van der Waals surface area (Å²) in [6.45, 7) is 10.1. The number of morpholine rings is 1. The van der Waals surface area contributed by atoms with Crippen LogP contribution in [0.4, 0.5) is 0 Å². The third-order valence-electron chi connectivity index (χ3n) is 4.70. The predicted molar refractivity (Wildman–Crippen MR) is 90.4 cm³/mol. The highest BCUT2D eigenvalue weighted by Gasteiger charge is 2.44. The summed E-state index contributed by atoms with van der Waals surface area (Å²) < 4.78 is 13.8. The van der Waals surface area contributed by atoms with Gasteiger partial charge < -0.3 is 14.4 Å². The molecular formula is C18H29N3O3. The molecule has 0 radical (unpaired) electrons. The second-order valence-corrected chi connectivity index (χ2v) is 8.30. The number of rotatable bonds is 2. The zero-order chi connectivity index (χ0) is 17.5. The van der Waals surface area contributed by atoms with E-state index in [1.807, 2.05) is 52.0 Å². The van der Waals surface area contributed by atoms with Crippen LogP contribution in [0.1, 0.15) is 52.2 Å². The van der Waals surface area contributed by atoms with Crippen molar-refractivity contribution in [2.24, 2.45) is 13.0 Å². The van der Waals surface area contributed by atoms with Crippen LogP contribution in [0.3, 0.4) is 0 Å². The lowest BCUT2D eigenvalue weighted by Gasteiger charge is -2.48. The number of hydrogen-bond acceptors (Lipinski definition) is 4. The van der Waals surface area contributed by atoms with Gasteiger partial charge in [-0.25, -0.2) is 0 Å². The lowest BCUT2D eigenvalue weighted by atomic mass is 9.88. The molecule has 6 nitrogen and oxygen atoms in total. The molecule has 1 aromatic heterocycles. The summed E-state index contributed by atoms with van der Waals surface area (Å²) in [5.74, 6) is 0.0284. The molecule has 3 heterocycles. The molecule has 0 unspecified atom stereocenters. The smallest absolute Gasteiger partial charge is 0.228 e. The molecule has 1 aromatic rings. The molecule has 0 spiro atoms. The van der Waals surface area contributed by atoms with Crippen molar-refractivity contribution in [2.45, 2.75) is 57.8 Å². The van der Waals surface area contributed by atoms with Crippen LogP contribution in [0.15, 0.2) is 12.4 Å². The maximum absolute atomic E-state index is 13.3. The Morgan fingerprint density at radius 2 is 1.92 bits per heavy atom. The molecule has 1 amide bonds. The molecule has 6 heteroatoms. The summed E-state index contributed by atoms with van der Waals surface area (Å²) >= 11 is 0. The molecule has 0 bridgehead atoms. The second-order valence-electron chi connectivity index (χ2n) is 8.30.